The molecule has 0 aromatic heterocycles. The first-order valence-corrected chi connectivity index (χ1v) is 13.6. The molecular weight excluding hydrogens is 519 g/mol. The summed E-state index contributed by atoms with van der Waals surface area (Å²) in [5.74, 6) is -0.127. The molecule has 196 valence electrons. The highest BCUT2D eigenvalue weighted by Gasteiger charge is 2.29. The van der Waals surface area contributed by atoms with E-state index in [2.05, 4.69) is 4.90 Å². The predicted molar refractivity (Wildman–Crippen MR) is 138 cm³/mol. The second-order valence-electron chi connectivity index (χ2n) is 8.74. The molecule has 0 aliphatic carbocycles. The lowest BCUT2D eigenvalue weighted by atomic mass is 10.1. The molecule has 3 aromatic carbocycles. The zero-order valence-electron chi connectivity index (χ0n) is 20.4. The topological polar surface area (TPSA) is 76.2 Å². The lowest BCUT2D eigenvalue weighted by Gasteiger charge is -2.34. The summed E-state index contributed by atoms with van der Waals surface area (Å²) >= 11 is 5.97. The van der Waals surface area contributed by atoms with Crippen LogP contribution in [0.15, 0.2) is 71.6 Å². The maximum Gasteiger partial charge on any atom is 0.309 e. The largest absolute Gasteiger partial charge is 0.489 e. The molecule has 10 heteroatoms. The van der Waals surface area contributed by atoms with Gasteiger partial charge in [-0.3, -0.25) is 9.69 Å². The van der Waals surface area contributed by atoms with Gasteiger partial charge in [-0.2, -0.15) is 4.31 Å². The van der Waals surface area contributed by atoms with Gasteiger partial charge in [0.25, 0.3) is 0 Å². The number of hydrogen-bond donors (Lipinski definition) is 0. The summed E-state index contributed by atoms with van der Waals surface area (Å²) in [5.41, 5.74) is 2.66. The molecule has 0 amide bonds. The number of methoxy groups -OCH3 is 1. The van der Waals surface area contributed by atoms with Gasteiger partial charge in [-0.15, -0.1) is 0 Å². The Labute approximate surface area is 221 Å². The molecule has 0 atom stereocenters. The van der Waals surface area contributed by atoms with E-state index in [1.165, 1.54) is 23.5 Å². The van der Waals surface area contributed by atoms with Crippen molar-refractivity contribution in [3.05, 3.63) is 94.3 Å². The minimum Gasteiger partial charge on any atom is -0.489 e. The fourth-order valence-electron chi connectivity index (χ4n) is 4.11. The van der Waals surface area contributed by atoms with Gasteiger partial charge >= 0.3 is 5.97 Å². The number of hydrogen-bond acceptors (Lipinski definition) is 6. The smallest absolute Gasteiger partial charge is 0.309 e. The predicted octanol–water partition coefficient (Wildman–Crippen LogP) is 4.28. The fourth-order valence-corrected chi connectivity index (χ4v) is 5.66. The Morgan fingerprint density at radius 3 is 2.24 bits per heavy atom. The number of nitrogens with zero attached hydrogens (tertiary/aromatic N) is 2. The quantitative estimate of drug-likeness (QED) is 0.373. The number of carbonyl (C=O) groups excluding carboxylic acids is 1. The second-order valence-corrected chi connectivity index (χ2v) is 11.1. The molecule has 7 nitrogen and oxygen atoms in total. The van der Waals surface area contributed by atoms with E-state index in [1.807, 2.05) is 30.3 Å². The molecule has 0 bridgehead atoms. The Balaban J connectivity index is 1.45. The van der Waals surface area contributed by atoms with Crippen molar-refractivity contribution in [2.75, 3.05) is 33.3 Å². The number of halogens is 2. The van der Waals surface area contributed by atoms with Gasteiger partial charge in [0.2, 0.25) is 10.0 Å². The average molecular weight is 547 g/mol. The lowest BCUT2D eigenvalue weighted by molar-refractivity contribution is -0.139. The highest BCUT2D eigenvalue weighted by atomic mass is 35.5. The van der Waals surface area contributed by atoms with E-state index in [9.17, 15) is 17.6 Å². The molecule has 0 saturated carbocycles. The van der Waals surface area contributed by atoms with E-state index in [-0.39, 0.29) is 17.3 Å². The van der Waals surface area contributed by atoms with Crippen LogP contribution in [-0.4, -0.2) is 56.9 Å². The number of benzene rings is 3. The highest BCUT2D eigenvalue weighted by molar-refractivity contribution is 7.89. The van der Waals surface area contributed by atoms with Crippen molar-refractivity contribution in [1.82, 2.24) is 9.21 Å². The summed E-state index contributed by atoms with van der Waals surface area (Å²) in [4.78, 5) is 14.0. The SMILES string of the molecule is COC(=O)Cc1ccc(OCc2ccc(Cl)cc2)c(CN2CCN(S(=O)(=O)c3ccc(F)cc3)CC2)c1. The van der Waals surface area contributed by atoms with Crippen LogP contribution < -0.4 is 4.74 Å². The van der Waals surface area contributed by atoms with Crippen LogP contribution in [0.1, 0.15) is 16.7 Å². The zero-order chi connectivity index (χ0) is 26.4. The maximum atomic E-state index is 13.2. The number of rotatable bonds is 9. The first-order chi connectivity index (χ1) is 17.7. The first-order valence-electron chi connectivity index (χ1n) is 11.8. The number of sulfonamides is 1. The van der Waals surface area contributed by atoms with E-state index in [4.69, 9.17) is 21.1 Å². The van der Waals surface area contributed by atoms with E-state index in [1.54, 1.807) is 12.1 Å². The molecular formula is C27H28ClFN2O5S. The van der Waals surface area contributed by atoms with Gasteiger partial charge in [-0.25, -0.2) is 12.8 Å². The molecule has 1 aliphatic rings. The molecule has 0 unspecified atom stereocenters. The fraction of sp³-hybridized carbons (Fsp3) is 0.296. The molecule has 37 heavy (non-hydrogen) atoms. The van der Waals surface area contributed by atoms with Crippen LogP contribution in [0.25, 0.3) is 0 Å². The van der Waals surface area contributed by atoms with E-state index >= 15 is 0 Å². The lowest BCUT2D eigenvalue weighted by Crippen LogP contribution is -2.48. The van der Waals surface area contributed by atoms with Gasteiger partial charge in [0.05, 0.1) is 18.4 Å². The summed E-state index contributed by atoms with van der Waals surface area (Å²) in [5, 5.41) is 0.650. The van der Waals surface area contributed by atoms with Gasteiger partial charge in [0, 0.05) is 43.3 Å². The third-order valence-corrected chi connectivity index (χ3v) is 8.35. The van der Waals surface area contributed by atoms with Crippen LogP contribution in [0.4, 0.5) is 4.39 Å². The molecule has 1 fully saturated rings. The molecule has 1 aliphatic heterocycles. The Morgan fingerprint density at radius 1 is 0.946 bits per heavy atom. The molecule has 4 rings (SSSR count). The van der Waals surface area contributed by atoms with E-state index in [0.29, 0.717) is 50.1 Å². The molecule has 0 N–H and O–H groups in total. The molecule has 1 saturated heterocycles. The van der Waals surface area contributed by atoms with Gasteiger partial charge in [-0.05, 0) is 53.6 Å². The molecule has 3 aromatic rings. The minimum atomic E-state index is -3.69. The molecule has 0 radical (unpaired) electrons. The number of carbonyl (C=O) groups is 1. The van der Waals surface area contributed by atoms with Gasteiger partial charge < -0.3 is 9.47 Å². The van der Waals surface area contributed by atoms with Crippen molar-refractivity contribution in [2.24, 2.45) is 0 Å². The number of ether oxygens (including phenoxy) is 2. The van der Waals surface area contributed by atoms with Crippen LogP contribution in [0, 0.1) is 5.82 Å². The van der Waals surface area contributed by atoms with Crippen LogP contribution in [0.2, 0.25) is 5.02 Å². The number of esters is 1. The second kappa shape index (κ2) is 12.0. The molecule has 1 heterocycles. The Morgan fingerprint density at radius 2 is 1.59 bits per heavy atom. The summed E-state index contributed by atoms with van der Waals surface area (Å²) in [6, 6.07) is 17.9. The standard InChI is InChI=1S/C27H28ClFN2O5S/c1-35-27(32)17-21-4-11-26(36-19-20-2-5-23(28)6-3-20)22(16-21)18-30-12-14-31(15-13-30)37(33,34)25-9-7-24(29)8-10-25/h2-11,16H,12-15,17-19H2,1H3. The highest BCUT2D eigenvalue weighted by Crippen LogP contribution is 2.26. The Hall–Kier alpha value is -2.98. The van der Waals surface area contributed by atoms with Crippen LogP contribution in [-0.2, 0) is 39.1 Å². The van der Waals surface area contributed by atoms with Crippen molar-refractivity contribution in [2.45, 2.75) is 24.5 Å². The first kappa shape index (κ1) is 27.1. The minimum absolute atomic E-state index is 0.0794. The maximum absolute atomic E-state index is 13.2. The van der Waals surface area contributed by atoms with Crippen molar-refractivity contribution in [1.29, 1.82) is 0 Å². The zero-order valence-corrected chi connectivity index (χ0v) is 22.0. The van der Waals surface area contributed by atoms with Crippen LogP contribution in [0.5, 0.6) is 5.75 Å². The van der Waals surface area contributed by atoms with Crippen molar-refractivity contribution in [3.8, 4) is 5.75 Å². The molecule has 0 spiro atoms. The Bertz CT molecular complexity index is 1330. The normalized spacial score (nSPS) is 14.9. The third kappa shape index (κ3) is 7.07. The van der Waals surface area contributed by atoms with Crippen molar-refractivity contribution >= 4 is 27.6 Å². The van der Waals surface area contributed by atoms with Crippen LogP contribution in [0.3, 0.4) is 0 Å². The summed E-state index contributed by atoms with van der Waals surface area (Å²) in [6.45, 7) is 2.52. The monoisotopic (exact) mass is 546 g/mol. The van der Waals surface area contributed by atoms with E-state index in [0.717, 1.165) is 28.8 Å². The third-order valence-electron chi connectivity index (χ3n) is 6.19. The van der Waals surface area contributed by atoms with Crippen molar-refractivity contribution < 1.29 is 27.1 Å². The van der Waals surface area contributed by atoms with Crippen molar-refractivity contribution in [3.63, 3.8) is 0 Å². The summed E-state index contributed by atoms with van der Waals surface area (Å²) < 4.78 is 51.5. The summed E-state index contributed by atoms with van der Waals surface area (Å²) in [7, 11) is -2.34. The van der Waals surface area contributed by atoms with E-state index < -0.39 is 15.8 Å². The van der Waals surface area contributed by atoms with Gasteiger partial charge in [0.15, 0.2) is 0 Å². The summed E-state index contributed by atoms with van der Waals surface area (Å²) in [6.07, 6.45) is 0.144. The van der Waals surface area contributed by atoms with Gasteiger partial charge in [0.1, 0.15) is 18.2 Å². The Kier molecular flexibility index (Phi) is 8.81. The van der Waals surface area contributed by atoms with Gasteiger partial charge in [-0.1, -0.05) is 35.9 Å². The average Bonchev–Trinajstić information content (AvgIpc) is 2.89. The van der Waals surface area contributed by atoms with Crippen LogP contribution >= 0.6 is 11.6 Å². The number of piperazine rings is 1.